The Labute approximate surface area is 179 Å². The lowest BCUT2D eigenvalue weighted by molar-refractivity contribution is -0.117. The predicted molar refractivity (Wildman–Crippen MR) is 115 cm³/mol. The van der Waals surface area contributed by atoms with Crippen LogP contribution in [0.2, 0.25) is 0 Å². The van der Waals surface area contributed by atoms with E-state index in [1.807, 2.05) is 6.07 Å². The van der Waals surface area contributed by atoms with E-state index >= 15 is 0 Å². The number of methoxy groups -OCH3 is 2. The predicted octanol–water partition coefficient (Wildman–Crippen LogP) is 3.32. The van der Waals surface area contributed by atoms with E-state index in [2.05, 4.69) is 15.4 Å². The summed E-state index contributed by atoms with van der Waals surface area (Å²) < 4.78 is 26.4. The van der Waals surface area contributed by atoms with Crippen molar-refractivity contribution >= 4 is 32.6 Å². The summed E-state index contributed by atoms with van der Waals surface area (Å²) in [6, 6.07) is 12.3. The van der Waals surface area contributed by atoms with E-state index in [4.69, 9.17) is 9.47 Å². The lowest BCUT2D eigenvalue weighted by Crippen LogP contribution is -2.29. The van der Waals surface area contributed by atoms with Gasteiger partial charge in [-0.2, -0.15) is 5.10 Å². The summed E-state index contributed by atoms with van der Waals surface area (Å²) >= 11 is 1.28. The maximum absolute atomic E-state index is 14.4. The second kappa shape index (κ2) is 8.52. The van der Waals surface area contributed by atoms with Crippen LogP contribution >= 0.6 is 11.3 Å². The number of carbonyl (C=O) groups is 1. The van der Waals surface area contributed by atoms with Gasteiger partial charge in [-0.15, -0.1) is 0 Å². The van der Waals surface area contributed by atoms with Crippen molar-refractivity contribution in [2.45, 2.75) is 6.54 Å². The Morgan fingerprint density at radius 3 is 2.58 bits per heavy atom. The van der Waals surface area contributed by atoms with E-state index in [1.165, 1.54) is 42.7 Å². The first-order chi connectivity index (χ1) is 15.0. The van der Waals surface area contributed by atoms with Gasteiger partial charge >= 0.3 is 0 Å². The molecule has 4 aromatic rings. The number of benzene rings is 2. The zero-order valence-electron chi connectivity index (χ0n) is 16.6. The van der Waals surface area contributed by atoms with E-state index in [-0.39, 0.29) is 17.8 Å². The number of aromatic nitrogens is 3. The topological polar surface area (TPSA) is 95.3 Å². The highest BCUT2D eigenvalue weighted by atomic mass is 32.1. The monoisotopic (exact) mass is 440 g/mol. The molecule has 2 aromatic heterocycles. The molecular weight excluding hydrogens is 423 g/mol. The number of nitrogens with zero attached hydrogens (tertiary/aromatic N) is 3. The number of nitrogens with one attached hydrogen (secondary N) is 1. The number of thiazole rings is 1. The van der Waals surface area contributed by atoms with E-state index in [0.29, 0.717) is 22.1 Å². The molecule has 2 aromatic carbocycles. The van der Waals surface area contributed by atoms with Gasteiger partial charge in [0.15, 0.2) is 5.13 Å². The molecule has 0 aliphatic heterocycles. The summed E-state index contributed by atoms with van der Waals surface area (Å²) in [4.78, 5) is 29.0. The van der Waals surface area contributed by atoms with Gasteiger partial charge in [-0.1, -0.05) is 11.3 Å². The van der Waals surface area contributed by atoms with E-state index in [1.54, 1.807) is 25.3 Å². The molecule has 0 radical (unpaired) electrons. The standard InChI is InChI=1S/C21H17FN4O4S/c1-29-12-3-5-14(15(22)9-12)16-7-8-20(28)26(25-16)11-19(27)24-21-23-17-6-4-13(30-2)10-18(17)31-21/h3-10H,11H2,1-2H3,(H,23,24,27). The molecule has 0 unspecified atom stereocenters. The lowest BCUT2D eigenvalue weighted by Gasteiger charge is -2.08. The molecule has 0 aliphatic rings. The molecule has 2 heterocycles. The zero-order chi connectivity index (χ0) is 22.0. The van der Waals surface area contributed by atoms with Crippen LogP contribution in [0.5, 0.6) is 11.5 Å². The summed E-state index contributed by atoms with van der Waals surface area (Å²) in [6.45, 7) is -0.344. The third-order valence-electron chi connectivity index (χ3n) is 4.45. The van der Waals surface area contributed by atoms with Crippen LogP contribution in [-0.4, -0.2) is 34.9 Å². The first-order valence-corrected chi connectivity index (χ1v) is 9.95. The fourth-order valence-corrected chi connectivity index (χ4v) is 3.83. The van der Waals surface area contributed by atoms with Crippen molar-refractivity contribution in [3.63, 3.8) is 0 Å². The largest absolute Gasteiger partial charge is 0.497 e. The highest BCUT2D eigenvalue weighted by Crippen LogP contribution is 2.29. The van der Waals surface area contributed by atoms with Crippen molar-refractivity contribution in [1.82, 2.24) is 14.8 Å². The molecule has 0 atom stereocenters. The summed E-state index contributed by atoms with van der Waals surface area (Å²) in [7, 11) is 3.01. The molecule has 0 saturated carbocycles. The van der Waals surface area contributed by atoms with Gasteiger partial charge in [-0.3, -0.25) is 9.59 Å². The van der Waals surface area contributed by atoms with Gasteiger partial charge < -0.3 is 14.8 Å². The molecule has 4 rings (SSSR count). The summed E-state index contributed by atoms with van der Waals surface area (Å²) in [5.74, 6) is 0.0224. The first kappa shape index (κ1) is 20.5. The van der Waals surface area contributed by atoms with Crippen molar-refractivity contribution in [3.8, 4) is 22.8 Å². The molecule has 1 N–H and O–H groups in total. The number of hydrogen-bond donors (Lipinski definition) is 1. The van der Waals surface area contributed by atoms with E-state index < -0.39 is 17.3 Å². The molecule has 0 saturated heterocycles. The Balaban J connectivity index is 1.54. The number of ether oxygens (including phenoxy) is 2. The fourth-order valence-electron chi connectivity index (χ4n) is 2.92. The number of rotatable bonds is 6. The Kier molecular flexibility index (Phi) is 5.63. The first-order valence-electron chi connectivity index (χ1n) is 9.13. The van der Waals surface area contributed by atoms with Crippen molar-refractivity contribution in [3.05, 3.63) is 64.7 Å². The Hall–Kier alpha value is -3.79. The molecule has 8 nitrogen and oxygen atoms in total. The minimum atomic E-state index is -0.550. The van der Waals surface area contributed by atoms with E-state index in [9.17, 15) is 14.0 Å². The summed E-state index contributed by atoms with van der Waals surface area (Å²) in [5, 5.41) is 7.19. The van der Waals surface area contributed by atoms with Gasteiger partial charge in [-0.05, 0) is 36.4 Å². The zero-order valence-corrected chi connectivity index (χ0v) is 17.4. The average Bonchev–Trinajstić information content (AvgIpc) is 3.16. The van der Waals surface area contributed by atoms with Gasteiger partial charge in [-0.25, -0.2) is 14.1 Å². The number of fused-ring (bicyclic) bond motifs is 1. The minimum Gasteiger partial charge on any atom is -0.497 e. The van der Waals surface area contributed by atoms with Crippen LogP contribution in [0.25, 0.3) is 21.5 Å². The molecule has 0 aliphatic carbocycles. The van der Waals surface area contributed by atoms with Gasteiger partial charge in [0.25, 0.3) is 5.56 Å². The van der Waals surface area contributed by atoms with Gasteiger partial charge in [0.05, 0.1) is 30.1 Å². The van der Waals surface area contributed by atoms with Crippen molar-refractivity contribution in [1.29, 1.82) is 0 Å². The molecule has 31 heavy (non-hydrogen) atoms. The number of amides is 1. The highest BCUT2D eigenvalue weighted by molar-refractivity contribution is 7.22. The summed E-state index contributed by atoms with van der Waals surface area (Å²) in [6.07, 6.45) is 0. The number of halogens is 1. The van der Waals surface area contributed by atoms with Crippen LogP contribution in [0.4, 0.5) is 9.52 Å². The number of anilines is 1. The quantitative estimate of drug-likeness (QED) is 0.494. The number of carbonyl (C=O) groups excluding carboxylic acids is 1. The second-order valence-electron chi connectivity index (χ2n) is 6.46. The third-order valence-corrected chi connectivity index (χ3v) is 5.39. The normalized spacial score (nSPS) is 10.8. The van der Waals surface area contributed by atoms with Crippen molar-refractivity contribution in [2.24, 2.45) is 0 Å². The highest BCUT2D eigenvalue weighted by Gasteiger charge is 2.13. The summed E-state index contributed by atoms with van der Waals surface area (Å²) in [5.41, 5.74) is 0.643. The Morgan fingerprint density at radius 2 is 1.84 bits per heavy atom. The van der Waals surface area contributed by atoms with Crippen LogP contribution in [-0.2, 0) is 11.3 Å². The van der Waals surface area contributed by atoms with Crippen LogP contribution in [0.15, 0.2) is 53.3 Å². The van der Waals surface area contributed by atoms with Gasteiger partial charge in [0, 0.05) is 17.7 Å². The third kappa shape index (κ3) is 4.38. The lowest BCUT2D eigenvalue weighted by atomic mass is 10.1. The van der Waals surface area contributed by atoms with Gasteiger partial charge in [0.2, 0.25) is 5.91 Å². The molecule has 1 amide bonds. The van der Waals surface area contributed by atoms with Crippen LogP contribution in [0.1, 0.15) is 0 Å². The molecular formula is C21H17FN4O4S. The van der Waals surface area contributed by atoms with Crippen LogP contribution in [0.3, 0.4) is 0 Å². The van der Waals surface area contributed by atoms with Crippen molar-refractivity contribution in [2.75, 3.05) is 19.5 Å². The maximum Gasteiger partial charge on any atom is 0.267 e. The van der Waals surface area contributed by atoms with Crippen LogP contribution in [0, 0.1) is 5.82 Å². The Bertz CT molecular complexity index is 1330. The Morgan fingerprint density at radius 1 is 1.10 bits per heavy atom. The minimum absolute atomic E-state index is 0.190. The SMILES string of the molecule is COc1ccc(-c2ccc(=O)n(CC(=O)Nc3nc4ccc(OC)cc4s3)n2)c(F)c1. The average molecular weight is 440 g/mol. The molecule has 0 fully saturated rings. The van der Waals surface area contributed by atoms with E-state index in [0.717, 1.165) is 9.38 Å². The van der Waals surface area contributed by atoms with Gasteiger partial charge in [0.1, 0.15) is 23.9 Å². The molecule has 158 valence electrons. The van der Waals surface area contributed by atoms with Crippen LogP contribution < -0.4 is 20.3 Å². The second-order valence-corrected chi connectivity index (χ2v) is 7.49. The molecule has 10 heteroatoms. The van der Waals surface area contributed by atoms with Crippen molar-refractivity contribution < 1.29 is 18.7 Å². The fraction of sp³-hybridized carbons (Fsp3) is 0.143. The maximum atomic E-state index is 14.4. The molecule has 0 spiro atoms. The molecule has 0 bridgehead atoms. The number of hydrogen-bond acceptors (Lipinski definition) is 7. The smallest absolute Gasteiger partial charge is 0.267 e.